The van der Waals surface area contributed by atoms with Gasteiger partial charge >= 0.3 is 6.18 Å². The van der Waals surface area contributed by atoms with Crippen molar-refractivity contribution >= 4 is 17.7 Å². The minimum atomic E-state index is -4.39. The van der Waals surface area contributed by atoms with Crippen molar-refractivity contribution in [3.05, 3.63) is 35.9 Å². The maximum atomic E-state index is 13.0. The van der Waals surface area contributed by atoms with Crippen LogP contribution in [-0.2, 0) is 9.59 Å². The number of amides is 3. The van der Waals surface area contributed by atoms with Crippen LogP contribution in [0, 0.1) is 5.41 Å². The largest absolute Gasteiger partial charge is 0.389 e. The van der Waals surface area contributed by atoms with Gasteiger partial charge in [0.2, 0.25) is 11.8 Å². The lowest BCUT2D eigenvalue weighted by Crippen LogP contribution is -2.66. The van der Waals surface area contributed by atoms with E-state index in [1.165, 1.54) is 9.80 Å². The van der Waals surface area contributed by atoms with Gasteiger partial charge in [0, 0.05) is 43.6 Å². The van der Waals surface area contributed by atoms with Gasteiger partial charge in [0.15, 0.2) is 0 Å². The third kappa shape index (κ3) is 5.47. The summed E-state index contributed by atoms with van der Waals surface area (Å²) in [5.41, 5.74) is -1.36. The zero-order chi connectivity index (χ0) is 25.3. The molecule has 2 heterocycles. The second kappa shape index (κ2) is 9.79. The number of β-amino-alcohol motifs (C(OH)–C–C–N with tert-alkyl or cyclic N) is 1. The van der Waals surface area contributed by atoms with Gasteiger partial charge in [0.25, 0.3) is 5.91 Å². The van der Waals surface area contributed by atoms with Gasteiger partial charge < -0.3 is 19.8 Å². The average molecular weight is 496 g/mol. The monoisotopic (exact) mass is 495 g/mol. The summed E-state index contributed by atoms with van der Waals surface area (Å²) in [6.07, 6.45) is -2.88. The molecule has 1 unspecified atom stereocenters. The van der Waals surface area contributed by atoms with Gasteiger partial charge in [0.05, 0.1) is 18.6 Å². The van der Waals surface area contributed by atoms with E-state index in [1.807, 2.05) is 6.07 Å². The second-order valence-corrected chi connectivity index (χ2v) is 10.1. The predicted molar refractivity (Wildman–Crippen MR) is 121 cm³/mol. The number of alkyl halides is 3. The highest BCUT2D eigenvalue weighted by Crippen LogP contribution is 2.51. The molecule has 0 bridgehead atoms. The van der Waals surface area contributed by atoms with E-state index in [0.717, 1.165) is 12.8 Å². The Bertz CT molecular complexity index is 949. The smallest absolute Gasteiger partial charge is 0.387 e. The van der Waals surface area contributed by atoms with Crippen LogP contribution in [0.15, 0.2) is 30.3 Å². The highest BCUT2D eigenvalue weighted by Gasteiger charge is 2.56. The van der Waals surface area contributed by atoms with Crippen molar-refractivity contribution in [1.82, 2.24) is 14.7 Å². The SMILES string of the molecule is O=C1CN(C(=O)c2ccccc2)CCN1CC1(O)CCN(C(=O)CCC(F)(F)F)CC12CCCC2. The summed E-state index contributed by atoms with van der Waals surface area (Å²) >= 11 is 0. The van der Waals surface area contributed by atoms with Crippen molar-refractivity contribution in [2.24, 2.45) is 5.41 Å². The van der Waals surface area contributed by atoms with E-state index in [9.17, 15) is 32.7 Å². The standard InChI is InChI=1S/C25H32F3N3O4/c26-25(27,28)11-8-20(32)30-13-12-24(35,23(17-30)9-4-5-10-23)18-31-15-14-29(16-21(31)33)22(34)19-6-2-1-3-7-19/h1-3,6-7,35H,4-5,8-18H2. The maximum absolute atomic E-state index is 13.0. The molecule has 3 amide bonds. The molecule has 192 valence electrons. The Morgan fingerprint density at radius 1 is 0.971 bits per heavy atom. The van der Waals surface area contributed by atoms with Crippen molar-refractivity contribution in [2.75, 3.05) is 39.3 Å². The van der Waals surface area contributed by atoms with Gasteiger partial charge in [-0.15, -0.1) is 0 Å². The number of piperazine rings is 1. The minimum absolute atomic E-state index is 0.0706. The molecule has 2 saturated heterocycles. The normalized spacial score (nSPS) is 24.8. The molecule has 0 radical (unpaired) electrons. The van der Waals surface area contributed by atoms with E-state index in [-0.39, 0.29) is 44.4 Å². The Morgan fingerprint density at radius 2 is 1.66 bits per heavy atom. The van der Waals surface area contributed by atoms with E-state index in [1.54, 1.807) is 29.2 Å². The van der Waals surface area contributed by atoms with Crippen molar-refractivity contribution in [1.29, 1.82) is 0 Å². The molecule has 0 aromatic heterocycles. The quantitative estimate of drug-likeness (QED) is 0.681. The number of carbonyl (C=O) groups is 3. The fourth-order valence-electron chi connectivity index (χ4n) is 5.85. The first-order valence-corrected chi connectivity index (χ1v) is 12.2. The van der Waals surface area contributed by atoms with Crippen LogP contribution in [0.25, 0.3) is 0 Å². The number of benzene rings is 1. The number of likely N-dealkylation sites (tertiary alicyclic amines) is 1. The third-order valence-corrected chi connectivity index (χ3v) is 7.89. The summed E-state index contributed by atoms with van der Waals surface area (Å²) in [6.45, 7) is 1.05. The van der Waals surface area contributed by atoms with Crippen LogP contribution in [0.1, 0.15) is 55.3 Å². The number of halogens is 3. The minimum Gasteiger partial charge on any atom is -0.387 e. The average Bonchev–Trinajstić information content (AvgIpc) is 3.30. The summed E-state index contributed by atoms with van der Waals surface area (Å²) in [4.78, 5) is 42.7. The Morgan fingerprint density at radius 3 is 2.29 bits per heavy atom. The van der Waals surface area contributed by atoms with Crippen molar-refractivity contribution in [3.63, 3.8) is 0 Å². The highest BCUT2D eigenvalue weighted by atomic mass is 19.4. The molecule has 4 rings (SSSR count). The van der Waals surface area contributed by atoms with Gasteiger partial charge in [-0.25, -0.2) is 0 Å². The topological polar surface area (TPSA) is 81.2 Å². The zero-order valence-corrected chi connectivity index (χ0v) is 19.7. The van der Waals surface area contributed by atoms with Crippen molar-refractivity contribution in [2.45, 2.75) is 56.7 Å². The lowest BCUT2D eigenvalue weighted by Gasteiger charge is -2.54. The van der Waals surface area contributed by atoms with E-state index >= 15 is 0 Å². The third-order valence-electron chi connectivity index (χ3n) is 7.89. The van der Waals surface area contributed by atoms with Crippen LogP contribution < -0.4 is 0 Å². The number of carbonyl (C=O) groups excluding carboxylic acids is 3. The van der Waals surface area contributed by atoms with Crippen molar-refractivity contribution in [3.8, 4) is 0 Å². The molecule has 1 N–H and O–H groups in total. The zero-order valence-electron chi connectivity index (χ0n) is 19.7. The van der Waals surface area contributed by atoms with Gasteiger partial charge in [-0.05, 0) is 31.4 Å². The van der Waals surface area contributed by atoms with E-state index < -0.39 is 35.9 Å². The molecule has 1 aliphatic carbocycles. The first-order valence-electron chi connectivity index (χ1n) is 12.2. The Balaban J connectivity index is 1.41. The van der Waals surface area contributed by atoms with Crippen molar-refractivity contribution < 1.29 is 32.7 Å². The fourth-order valence-corrected chi connectivity index (χ4v) is 5.85. The van der Waals surface area contributed by atoms with E-state index in [2.05, 4.69) is 0 Å². The lowest BCUT2D eigenvalue weighted by molar-refractivity contribution is -0.172. The fraction of sp³-hybridized carbons (Fsp3) is 0.640. The first kappa shape index (κ1) is 25.5. The summed E-state index contributed by atoms with van der Waals surface area (Å²) in [5, 5.41) is 11.8. The predicted octanol–water partition coefficient (Wildman–Crippen LogP) is 2.84. The maximum Gasteiger partial charge on any atom is 0.389 e. The molecule has 3 fully saturated rings. The summed E-state index contributed by atoms with van der Waals surface area (Å²) in [6, 6.07) is 8.75. The Labute approximate surface area is 202 Å². The number of hydrogen-bond acceptors (Lipinski definition) is 4. The Hall–Kier alpha value is -2.62. The van der Waals surface area contributed by atoms with Gasteiger partial charge in [0.1, 0.15) is 6.54 Å². The first-order chi connectivity index (χ1) is 16.5. The molecule has 1 saturated carbocycles. The molecule has 1 atom stereocenters. The number of piperidine rings is 1. The summed E-state index contributed by atoms with van der Waals surface area (Å²) in [5.74, 6) is -0.999. The summed E-state index contributed by atoms with van der Waals surface area (Å²) < 4.78 is 37.8. The van der Waals surface area contributed by atoms with Gasteiger partial charge in [-0.2, -0.15) is 13.2 Å². The molecule has 3 aliphatic rings. The molecule has 7 nitrogen and oxygen atoms in total. The number of nitrogens with zero attached hydrogens (tertiary/aromatic N) is 3. The van der Waals surface area contributed by atoms with Crippen LogP contribution in [0.4, 0.5) is 13.2 Å². The molecule has 2 aliphatic heterocycles. The van der Waals surface area contributed by atoms with Gasteiger partial charge in [-0.1, -0.05) is 31.0 Å². The summed E-state index contributed by atoms with van der Waals surface area (Å²) in [7, 11) is 0. The van der Waals surface area contributed by atoms with E-state index in [4.69, 9.17) is 0 Å². The van der Waals surface area contributed by atoms with E-state index in [0.29, 0.717) is 31.5 Å². The van der Waals surface area contributed by atoms with Crippen LogP contribution in [0.5, 0.6) is 0 Å². The highest BCUT2D eigenvalue weighted by molar-refractivity contribution is 5.97. The molecule has 1 aromatic rings. The molecular formula is C25H32F3N3O4. The van der Waals surface area contributed by atoms with Crippen LogP contribution in [0.2, 0.25) is 0 Å². The number of aliphatic hydroxyl groups is 1. The molecule has 35 heavy (non-hydrogen) atoms. The lowest BCUT2D eigenvalue weighted by atomic mass is 9.65. The molecule has 10 heteroatoms. The van der Waals surface area contributed by atoms with Crippen LogP contribution in [-0.4, -0.2) is 88.6 Å². The Kier molecular flexibility index (Phi) is 7.13. The molecular weight excluding hydrogens is 463 g/mol. The van der Waals surface area contributed by atoms with Gasteiger partial charge in [-0.3, -0.25) is 14.4 Å². The number of rotatable bonds is 5. The second-order valence-electron chi connectivity index (χ2n) is 10.1. The molecule has 1 aromatic carbocycles. The van der Waals surface area contributed by atoms with Crippen LogP contribution >= 0.6 is 0 Å². The van der Waals surface area contributed by atoms with Crippen LogP contribution in [0.3, 0.4) is 0 Å². The number of hydrogen-bond donors (Lipinski definition) is 1. The molecule has 1 spiro atoms.